The minimum Gasteiger partial charge on any atom is -0.361 e. The first-order chi connectivity index (χ1) is 18.6. The van der Waals surface area contributed by atoms with E-state index in [0.29, 0.717) is 0 Å². The summed E-state index contributed by atoms with van der Waals surface area (Å²) in [5.74, 6) is 0. The number of fused-ring (bicyclic) bond motifs is 9. The van der Waals surface area contributed by atoms with Gasteiger partial charge in [0.05, 0.1) is 11.2 Å². The van der Waals surface area contributed by atoms with Crippen LogP contribution in [0.1, 0.15) is 60.8 Å². The first-order valence-electron chi connectivity index (χ1n) is 13.7. The Hall–Kier alpha value is -4.30. The summed E-state index contributed by atoms with van der Waals surface area (Å²) in [5, 5.41) is 5.34. The average molecular weight is 491 g/mol. The van der Waals surface area contributed by atoms with Crippen LogP contribution < -0.4 is 5.32 Å². The molecule has 1 atom stereocenters. The van der Waals surface area contributed by atoms with Crippen LogP contribution >= 0.6 is 0 Å². The van der Waals surface area contributed by atoms with Crippen molar-refractivity contribution >= 4 is 27.7 Å². The molecule has 184 valence electrons. The third-order valence-electron chi connectivity index (χ3n) is 8.91. The summed E-state index contributed by atoms with van der Waals surface area (Å²) in [7, 11) is 0. The van der Waals surface area contributed by atoms with Crippen LogP contribution in [0.4, 0.5) is 5.69 Å². The van der Waals surface area contributed by atoms with Crippen LogP contribution in [-0.4, -0.2) is 4.57 Å². The Labute approximate surface area is 224 Å². The van der Waals surface area contributed by atoms with E-state index in [2.05, 4.69) is 133 Å². The zero-order valence-corrected chi connectivity index (χ0v) is 21.8. The van der Waals surface area contributed by atoms with Crippen molar-refractivity contribution in [3.8, 4) is 11.1 Å². The summed E-state index contributed by atoms with van der Waals surface area (Å²) < 4.78 is 2.63. The number of aromatic nitrogens is 1. The molecule has 2 heterocycles. The number of hydrogen-bond acceptors (Lipinski definition) is 1. The van der Waals surface area contributed by atoms with Crippen LogP contribution in [0.5, 0.6) is 0 Å². The highest BCUT2D eigenvalue weighted by Gasteiger charge is 2.40. The maximum atomic E-state index is 3.98. The van der Waals surface area contributed by atoms with Crippen molar-refractivity contribution in [2.45, 2.75) is 38.3 Å². The first kappa shape index (κ1) is 21.8. The van der Waals surface area contributed by atoms with E-state index >= 15 is 0 Å². The molecule has 38 heavy (non-hydrogen) atoms. The second-order valence-corrected chi connectivity index (χ2v) is 11.3. The second-order valence-electron chi connectivity index (χ2n) is 11.3. The molecule has 5 aromatic rings. The number of nitrogens with zero attached hydrogens (tertiary/aromatic N) is 1. The zero-order valence-electron chi connectivity index (χ0n) is 21.8. The average Bonchev–Trinajstić information content (AvgIpc) is 3.29. The first-order valence-corrected chi connectivity index (χ1v) is 13.7. The molecule has 0 saturated heterocycles. The summed E-state index contributed by atoms with van der Waals surface area (Å²) >= 11 is 0. The van der Waals surface area contributed by atoms with Crippen molar-refractivity contribution in [2.75, 3.05) is 5.32 Å². The second kappa shape index (κ2) is 7.85. The SMILES string of the molecule is CC1(C)c2ccccc2C2=C(CCC=C2)c2c1c1ccccc1n2C1Nc2ccccc2-c2ccccc21. The van der Waals surface area contributed by atoms with Crippen molar-refractivity contribution in [1.82, 2.24) is 4.57 Å². The Morgan fingerprint density at radius 2 is 1.47 bits per heavy atom. The Balaban J connectivity index is 1.52. The van der Waals surface area contributed by atoms with E-state index in [4.69, 9.17) is 0 Å². The maximum Gasteiger partial charge on any atom is 0.131 e. The highest BCUT2D eigenvalue weighted by Crippen LogP contribution is 2.53. The fraction of sp³-hybridized carbons (Fsp3) is 0.167. The van der Waals surface area contributed by atoms with E-state index in [1.165, 1.54) is 66.8 Å². The van der Waals surface area contributed by atoms with Gasteiger partial charge < -0.3 is 9.88 Å². The standard InChI is InChI=1S/C36H30N2/c1-36(2)30-20-10-7-15-25(30)23-13-3-5-17-27(23)34-33(36)29-19-9-12-22-32(29)38(34)35-28-18-6-4-14-24(28)26-16-8-11-21-31(26)37-35/h3-4,6-16,18-22,35,37H,5,17H2,1-2H3. The van der Waals surface area contributed by atoms with Crippen LogP contribution in [0.3, 0.4) is 0 Å². The van der Waals surface area contributed by atoms with Gasteiger partial charge in [-0.25, -0.2) is 0 Å². The monoisotopic (exact) mass is 490 g/mol. The predicted molar refractivity (Wildman–Crippen MR) is 159 cm³/mol. The van der Waals surface area contributed by atoms with Gasteiger partial charge in [-0.2, -0.15) is 0 Å². The summed E-state index contributed by atoms with van der Waals surface area (Å²) in [4.78, 5) is 0. The van der Waals surface area contributed by atoms with Crippen LogP contribution in [0.25, 0.3) is 33.2 Å². The summed E-state index contributed by atoms with van der Waals surface area (Å²) in [6, 6.07) is 35.8. The van der Waals surface area contributed by atoms with Gasteiger partial charge in [-0.15, -0.1) is 0 Å². The molecule has 4 aromatic carbocycles. The molecular formula is C36H30N2. The van der Waals surface area contributed by atoms with E-state index in [-0.39, 0.29) is 11.6 Å². The lowest BCUT2D eigenvalue weighted by Gasteiger charge is -2.34. The lowest BCUT2D eigenvalue weighted by atomic mass is 9.75. The van der Waals surface area contributed by atoms with Gasteiger partial charge in [0.25, 0.3) is 0 Å². The third-order valence-corrected chi connectivity index (χ3v) is 8.91. The molecule has 2 aliphatic carbocycles. The molecule has 0 radical (unpaired) electrons. The fourth-order valence-electron chi connectivity index (χ4n) is 7.27. The number of benzene rings is 4. The molecule has 0 amide bonds. The Bertz CT molecular complexity index is 1830. The van der Waals surface area contributed by atoms with Crippen molar-refractivity contribution in [3.63, 3.8) is 0 Å². The Morgan fingerprint density at radius 1 is 0.763 bits per heavy atom. The van der Waals surface area contributed by atoms with Gasteiger partial charge in [0.2, 0.25) is 0 Å². The molecule has 3 aliphatic rings. The van der Waals surface area contributed by atoms with E-state index in [1.54, 1.807) is 0 Å². The van der Waals surface area contributed by atoms with Crippen LogP contribution in [0, 0.1) is 0 Å². The molecule has 2 heteroatoms. The van der Waals surface area contributed by atoms with Crippen molar-refractivity contribution in [3.05, 3.63) is 137 Å². The molecule has 0 saturated carbocycles. The van der Waals surface area contributed by atoms with Gasteiger partial charge in [0, 0.05) is 27.6 Å². The number of para-hydroxylation sites is 2. The molecule has 0 spiro atoms. The molecule has 0 bridgehead atoms. The molecule has 0 fully saturated rings. The summed E-state index contributed by atoms with van der Waals surface area (Å²) in [5.41, 5.74) is 14.7. The molecule has 1 aromatic heterocycles. The lowest BCUT2D eigenvalue weighted by Crippen LogP contribution is -2.26. The smallest absolute Gasteiger partial charge is 0.131 e. The number of rotatable bonds is 1. The summed E-state index contributed by atoms with van der Waals surface area (Å²) in [6.07, 6.45) is 6.84. The van der Waals surface area contributed by atoms with Gasteiger partial charge >= 0.3 is 0 Å². The number of anilines is 1. The van der Waals surface area contributed by atoms with Gasteiger partial charge in [0.1, 0.15) is 6.17 Å². The quantitative estimate of drug-likeness (QED) is 0.248. The summed E-state index contributed by atoms with van der Waals surface area (Å²) in [6.45, 7) is 4.84. The Kier molecular flexibility index (Phi) is 4.49. The van der Waals surface area contributed by atoms with E-state index in [0.717, 1.165) is 12.8 Å². The highest BCUT2D eigenvalue weighted by atomic mass is 15.2. The topological polar surface area (TPSA) is 17.0 Å². The van der Waals surface area contributed by atoms with E-state index < -0.39 is 0 Å². The van der Waals surface area contributed by atoms with Crippen LogP contribution in [0.2, 0.25) is 0 Å². The van der Waals surface area contributed by atoms with Gasteiger partial charge in [0.15, 0.2) is 0 Å². The molecule has 1 unspecified atom stereocenters. The van der Waals surface area contributed by atoms with Crippen molar-refractivity contribution in [2.24, 2.45) is 0 Å². The Morgan fingerprint density at radius 3 is 2.37 bits per heavy atom. The minimum atomic E-state index is -0.159. The highest BCUT2D eigenvalue weighted by molar-refractivity contribution is 6.04. The normalized spacial score (nSPS) is 18.5. The number of allylic oxidation sites excluding steroid dienone is 4. The van der Waals surface area contributed by atoms with Crippen LogP contribution in [0.15, 0.2) is 109 Å². The predicted octanol–water partition coefficient (Wildman–Crippen LogP) is 9.18. The van der Waals surface area contributed by atoms with E-state index in [9.17, 15) is 0 Å². The van der Waals surface area contributed by atoms with Gasteiger partial charge in [-0.05, 0) is 58.4 Å². The van der Waals surface area contributed by atoms with Crippen LogP contribution in [-0.2, 0) is 5.41 Å². The van der Waals surface area contributed by atoms with E-state index in [1.807, 2.05) is 0 Å². The zero-order chi connectivity index (χ0) is 25.4. The van der Waals surface area contributed by atoms with Gasteiger partial charge in [-0.3, -0.25) is 0 Å². The van der Waals surface area contributed by atoms with Crippen molar-refractivity contribution < 1.29 is 0 Å². The maximum absolute atomic E-state index is 3.98. The minimum absolute atomic E-state index is 0.00795. The fourth-order valence-corrected chi connectivity index (χ4v) is 7.27. The molecule has 2 nitrogen and oxygen atoms in total. The number of hydrogen-bond donors (Lipinski definition) is 1. The third kappa shape index (κ3) is 2.83. The number of nitrogens with one attached hydrogen (secondary N) is 1. The molecular weight excluding hydrogens is 460 g/mol. The van der Waals surface area contributed by atoms with Crippen molar-refractivity contribution in [1.29, 1.82) is 0 Å². The largest absolute Gasteiger partial charge is 0.361 e. The molecule has 8 rings (SSSR count). The van der Waals surface area contributed by atoms with Gasteiger partial charge in [-0.1, -0.05) is 111 Å². The molecule has 1 aliphatic heterocycles. The molecule has 1 N–H and O–H groups in total. The lowest BCUT2D eigenvalue weighted by molar-refractivity contribution is 0.620.